The van der Waals surface area contributed by atoms with E-state index < -0.39 is 23.7 Å². The van der Waals surface area contributed by atoms with E-state index in [1.807, 2.05) is 0 Å². The van der Waals surface area contributed by atoms with Crippen LogP contribution in [-0.2, 0) is 14.4 Å². The van der Waals surface area contributed by atoms with Crippen molar-refractivity contribution in [3.8, 4) is 6.07 Å². The predicted molar refractivity (Wildman–Crippen MR) is 77.6 cm³/mol. The van der Waals surface area contributed by atoms with E-state index in [1.54, 1.807) is 36.4 Å². The molecule has 1 rings (SSSR count). The van der Waals surface area contributed by atoms with E-state index >= 15 is 0 Å². The average molecular weight is 301 g/mol. The lowest BCUT2D eigenvalue weighted by atomic mass is 9.98. The maximum atomic E-state index is 12.1. The molecule has 0 aliphatic heterocycles. The molecule has 114 valence electrons. The molecule has 22 heavy (non-hydrogen) atoms. The molecule has 0 aliphatic carbocycles. The second-order valence-corrected chi connectivity index (χ2v) is 4.26. The summed E-state index contributed by atoms with van der Waals surface area (Å²) in [5.41, 5.74) is 0.681. The summed E-state index contributed by atoms with van der Waals surface area (Å²) < 4.78 is 0. The van der Waals surface area contributed by atoms with Crippen LogP contribution in [0.4, 0.5) is 0 Å². The van der Waals surface area contributed by atoms with Crippen molar-refractivity contribution < 1.29 is 19.5 Å². The Bertz CT molecular complexity index is 605. The molecule has 3 N–H and O–H groups in total. The maximum absolute atomic E-state index is 12.1. The van der Waals surface area contributed by atoms with Gasteiger partial charge in [0.05, 0.1) is 12.0 Å². The Morgan fingerprint density at radius 2 is 1.86 bits per heavy atom. The number of carbonyl (C=O) groups is 3. The molecule has 0 spiro atoms. The highest BCUT2D eigenvalue weighted by molar-refractivity contribution is 5.94. The lowest BCUT2D eigenvalue weighted by Gasteiger charge is -2.16. The Labute approximate surface area is 127 Å². The number of hydrogen-bond acceptors (Lipinski definition) is 4. The summed E-state index contributed by atoms with van der Waals surface area (Å²) in [4.78, 5) is 33.9. The molecule has 0 fully saturated rings. The van der Waals surface area contributed by atoms with Crippen LogP contribution in [0.2, 0.25) is 0 Å². The first kappa shape index (κ1) is 16.9. The van der Waals surface area contributed by atoms with E-state index in [-0.39, 0.29) is 13.1 Å². The van der Waals surface area contributed by atoms with Gasteiger partial charge in [0, 0.05) is 18.7 Å². The molecule has 7 nitrogen and oxygen atoms in total. The molecule has 7 heteroatoms. The van der Waals surface area contributed by atoms with Crippen molar-refractivity contribution in [1.29, 1.82) is 5.26 Å². The normalized spacial score (nSPS) is 11.4. The maximum Gasteiger partial charge on any atom is 0.328 e. The molecular weight excluding hydrogens is 286 g/mol. The van der Waals surface area contributed by atoms with E-state index in [1.165, 1.54) is 0 Å². The van der Waals surface area contributed by atoms with Crippen LogP contribution in [0.15, 0.2) is 42.5 Å². The number of carboxylic acids is 1. The zero-order valence-corrected chi connectivity index (χ0v) is 11.7. The van der Waals surface area contributed by atoms with Gasteiger partial charge in [-0.2, -0.15) is 5.26 Å². The topological polar surface area (TPSA) is 119 Å². The Balaban J connectivity index is 2.75. The van der Waals surface area contributed by atoms with Crippen molar-refractivity contribution in [3.63, 3.8) is 0 Å². The molecule has 1 aromatic carbocycles. The number of aliphatic carboxylic acids is 1. The molecular formula is C15H15N3O4. The number of carboxylic acid groups (broad SMARTS) is 1. The minimum atomic E-state index is -1.23. The fourth-order valence-electron chi connectivity index (χ4n) is 1.71. The van der Waals surface area contributed by atoms with Crippen LogP contribution in [0.5, 0.6) is 0 Å². The fraction of sp³-hybridized carbons (Fsp3) is 0.200. The lowest BCUT2D eigenvalue weighted by Crippen LogP contribution is -2.37. The lowest BCUT2D eigenvalue weighted by molar-refractivity contribution is -0.131. The number of carbonyl (C=O) groups excluding carboxylic acids is 2. The summed E-state index contributed by atoms with van der Waals surface area (Å²) in [6.07, 6.45) is 1.58. The number of rotatable bonds is 7. The molecule has 0 heterocycles. The Morgan fingerprint density at radius 1 is 1.18 bits per heavy atom. The standard InChI is InChI=1S/C15H15N3O4/c16-8-9-17-15(22)12(11-4-2-1-3-5-11)10-18-13(19)6-7-14(20)21/h1-7,12H,9-10H2,(H,17,22)(H,18,19)(H,20,21). The highest BCUT2D eigenvalue weighted by Crippen LogP contribution is 2.14. The number of benzene rings is 1. The van der Waals surface area contributed by atoms with Gasteiger partial charge in [-0.25, -0.2) is 4.79 Å². The van der Waals surface area contributed by atoms with Crippen LogP contribution in [0.25, 0.3) is 0 Å². The SMILES string of the molecule is N#CCNC(=O)C(CNC(=O)C=CC(=O)O)c1ccccc1. The molecule has 0 aliphatic rings. The van der Waals surface area contributed by atoms with Crippen LogP contribution >= 0.6 is 0 Å². The van der Waals surface area contributed by atoms with E-state index in [0.717, 1.165) is 6.08 Å². The number of nitrogens with zero attached hydrogens (tertiary/aromatic N) is 1. The zero-order valence-electron chi connectivity index (χ0n) is 11.7. The number of amides is 2. The Hall–Kier alpha value is -3.14. The summed E-state index contributed by atoms with van der Waals surface area (Å²) in [5, 5.41) is 21.9. The summed E-state index contributed by atoms with van der Waals surface area (Å²) in [6, 6.07) is 10.6. The van der Waals surface area contributed by atoms with Gasteiger partial charge in [0.1, 0.15) is 6.54 Å². The third-order valence-corrected chi connectivity index (χ3v) is 2.72. The van der Waals surface area contributed by atoms with Crippen molar-refractivity contribution >= 4 is 17.8 Å². The van der Waals surface area contributed by atoms with Crippen molar-refractivity contribution in [3.05, 3.63) is 48.0 Å². The minimum Gasteiger partial charge on any atom is -0.478 e. The summed E-state index contributed by atoms with van der Waals surface area (Å²) in [7, 11) is 0. The first-order valence-electron chi connectivity index (χ1n) is 6.43. The van der Waals surface area contributed by atoms with Crippen LogP contribution in [0, 0.1) is 11.3 Å². The van der Waals surface area contributed by atoms with Crippen molar-refractivity contribution in [2.75, 3.05) is 13.1 Å². The van der Waals surface area contributed by atoms with Crippen LogP contribution in [0.1, 0.15) is 11.5 Å². The van der Waals surface area contributed by atoms with Gasteiger partial charge in [-0.1, -0.05) is 30.3 Å². The van der Waals surface area contributed by atoms with Gasteiger partial charge in [0.15, 0.2) is 0 Å². The molecule has 1 atom stereocenters. The molecule has 0 bridgehead atoms. The summed E-state index contributed by atoms with van der Waals surface area (Å²) in [6.45, 7) is -0.140. The Morgan fingerprint density at radius 3 is 2.45 bits per heavy atom. The second kappa shape index (κ2) is 8.92. The molecule has 1 aromatic rings. The van der Waals surface area contributed by atoms with Crippen LogP contribution in [0.3, 0.4) is 0 Å². The van der Waals surface area contributed by atoms with Crippen molar-refractivity contribution in [1.82, 2.24) is 10.6 Å². The third kappa shape index (κ3) is 5.88. The van der Waals surface area contributed by atoms with Gasteiger partial charge in [0.2, 0.25) is 11.8 Å². The molecule has 0 saturated carbocycles. The van der Waals surface area contributed by atoms with E-state index in [4.69, 9.17) is 10.4 Å². The van der Waals surface area contributed by atoms with E-state index in [9.17, 15) is 14.4 Å². The molecule has 0 radical (unpaired) electrons. The fourth-order valence-corrected chi connectivity index (χ4v) is 1.71. The predicted octanol–water partition coefficient (Wildman–Crippen LogP) is 0.167. The van der Waals surface area contributed by atoms with Crippen molar-refractivity contribution in [2.45, 2.75) is 5.92 Å². The largest absolute Gasteiger partial charge is 0.478 e. The van der Waals surface area contributed by atoms with E-state index in [0.29, 0.717) is 11.6 Å². The Kier molecular flexibility index (Phi) is 6.86. The number of hydrogen-bond donors (Lipinski definition) is 3. The van der Waals surface area contributed by atoms with Gasteiger partial charge in [0.25, 0.3) is 0 Å². The second-order valence-electron chi connectivity index (χ2n) is 4.26. The monoisotopic (exact) mass is 301 g/mol. The summed E-state index contributed by atoms with van der Waals surface area (Å²) >= 11 is 0. The molecule has 1 unspecified atom stereocenters. The first-order chi connectivity index (χ1) is 10.5. The smallest absolute Gasteiger partial charge is 0.328 e. The van der Waals surface area contributed by atoms with Crippen LogP contribution in [-0.4, -0.2) is 36.0 Å². The quantitative estimate of drug-likeness (QED) is 0.490. The van der Waals surface area contributed by atoms with Crippen LogP contribution < -0.4 is 10.6 Å². The van der Waals surface area contributed by atoms with Gasteiger partial charge < -0.3 is 15.7 Å². The van der Waals surface area contributed by atoms with E-state index in [2.05, 4.69) is 10.6 Å². The van der Waals surface area contributed by atoms with Gasteiger partial charge in [-0.3, -0.25) is 9.59 Å². The molecule has 2 amide bonds. The molecule has 0 aromatic heterocycles. The first-order valence-corrected chi connectivity index (χ1v) is 6.43. The number of nitrogens with one attached hydrogen (secondary N) is 2. The average Bonchev–Trinajstić information content (AvgIpc) is 2.52. The highest BCUT2D eigenvalue weighted by atomic mass is 16.4. The zero-order chi connectivity index (χ0) is 16.4. The van der Waals surface area contributed by atoms with Gasteiger partial charge in [-0.15, -0.1) is 0 Å². The van der Waals surface area contributed by atoms with Gasteiger partial charge in [-0.05, 0) is 5.56 Å². The minimum absolute atomic E-state index is 0.00985. The van der Waals surface area contributed by atoms with Crippen molar-refractivity contribution in [2.24, 2.45) is 0 Å². The summed E-state index contributed by atoms with van der Waals surface area (Å²) in [5.74, 6) is -2.91. The number of nitriles is 1. The highest BCUT2D eigenvalue weighted by Gasteiger charge is 2.20. The van der Waals surface area contributed by atoms with Gasteiger partial charge >= 0.3 is 5.97 Å². The molecule has 0 saturated heterocycles. The third-order valence-electron chi connectivity index (χ3n) is 2.72.